The second kappa shape index (κ2) is 8.45. The third-order valence-corrected chi connectivity index (χ3v) is 6.22. The quantitative estimate of drug-likeness (QED) is 0.441. The summed E-state index contributed by atoms with van der Waals surface area (Å²) in [4.78, 5) is 28.5. The van der Waals surface area contributed by atoms with Gasteiger partial charge in [-0.3, -0.25) is 9.59 Å². The number of nitrogens with zero attached hydrogens (tertiary/aromatic N) is 1. The Balaban J connectivity index is 1.90. The third-order valence-electron chi connectivity index (χ3n) is 5.75. The molecule has 162 valence electrons. The first-order valence-corrected chi connectivity index (χ1v) is 10.9. The molecule has 0 unspecified atom stereocenters. The zero-order valence-corrected chi connectivity index (χ0v) is 19.7. The lowest BCUT2D eigenvalue weighted by Crippen LogP contribution is -2.33. The Morgan fingerprint density at radius 2 is 1.31 bits per heavy atom. The zero-order chi connectivity index (χ0) is 23.2. The molecule has 3 aromatic carbocycles. The van der Waals surface area contributed by atoms with Gasteiger partial charge in [-0.15, -0.1) is 0 Å². The number of aryl methyl sites for hydroxylation is 4. The fraction of sp³-hybridized carbons (Fsp3) is 0.154. The van der Waals surface area contributed by atoms with Gasteiger partial charge >= 0.3 is 0 Å². The number of nitrogens with one attached hydrogen (secondary N) is 1. The average Bonchev–Trinajstić information content (AvgIpc) is 2.98. The molecule has 0 bridgehead atoms. The van der Waals surface area contributed by atoms with Crippen LogP contribution in [-0.4, -0.2) is 11.8 Å². The number of hydrogen-bond acceptors (Lipinski definition) is 3. The molecule has 1 aliphatic rings. The van der Waals surface area contributed by atoms with Crippen molar-refractivity contribution in [2.45, 2.75) is 27.7 Å². The topological polar surface area (TPSA) is 49.4 Å². The number of imide groups is 1. The van der Waals surface area contributed by atoms with E-state index in [1.165, 1.54) is 4.90 Å². The molecular weight excluding hydrogens is 443 g/mol. The lowest BCUT2D eigenvalue weighted by molar-refractivity contribution is -0.120. The summed E-state index contributed by atoms with van der Waals surface area (Å²) in [5.74, 6) is -0.834. The van der Waals surface area contributed by atoms with Gasteiger partial charge in [0.25, 0.3) is 11.8 Å². The van der Waals surface area contributed by atoms with E-state index in [9.17, 15) is 9.59 Å². The maximum Gasteiger partial charge on any atom is 0.282 e. The first kappa shape index (κ1) is 22.1. The standard InChI is InChI=1S/C26H22Cl2N2O2/c1-14-5-8-18(11-17(14)4)23-24(29-21-12-19(27)9-6-15(21)2)26(32)30(25(23)31)22-13-20(28)10-7-16(22)3/h5-13,29H,1-4H3. The van der Waals surface area contributed by atoms with Crippen LogP contribution in [0.15, 0.2) is 60.3 Å². The summed E-state index contributed by atoms with van der Waals surface area (Å²) in [6.45, 7) is 7.74. The molecule has 2 amide bonds. The Morgan fingerprint density at radius 3 is 2.00 bits per heavy atom. The van der Waals surface area contributed by atoms with Crippen molar-refractivity contribution in [3.8, 4) is 0 Å². The van der Waals surface area contributed by atoms with Gasteiger partial charge < -0.3 is 5.32 Å². The van der Waals surface area contributed by atoms with Crippen molar-refractivity contribution < 1.29 is 9.59 Å². The van der Waals surface area contributed by atoms with Crippen LogP contribution in [0.3, 0.4) is 0 Å². The van der Waals surface area contributed by atoms with Crippen molar-refractivity contribution in [2.24, 2.45) is 0 Å². The Kier molecular flexibility index (Phi) is 5.85. The minimum atomic E-state index is -0.437. The molecule has 0 atom stereocenters. The maximum absolute atomic E-state index is 13.7. The second-order valence-corrected chi connectivity index (χ2v) is 8.88. The summed E-state index contributed by atoms with van der Waals surface area (Å²) < 4.78 is 0. The van der Waals surface area contributed by atoms with Crippen LogP contribution in [0.5, 0.6) is 0 Å². The molecular formula is C26H22Cl2N2O2. The van der Waals surface area contributed by atoms with Crippen molar-refractivity contribution in [1.29, 1.82) is 0 Å². The van der Waals surface area contributed by atoms with Crippen LogP contribution in [0, 0.1) is 27.7 Å². The van der Waals surface area contributed by atoms with Crippen molar-refractivity contribution >= 4 is 52.0 Å². The molecule has 0 saturated heterocycles. The highest BCUT2D eigenvalue weighted by Crippen LogP contribution is 2.37. The van der Waals surface area contributed by atoms with Crippen LogP contribution in [0.1, 0.15) is 27.8 Å². The van der Waals surface area contributed by atoms with Gasteiger partial charge in [-0.25, -0.2) is 4.90 Å². The Morgan fingerprint density at radius 1 is 0.688 bits per heavy atom. The van der Waals surface area contributed by atoms with E-state index >= 15 is 0 Å². The number of benzene rings is 3. The van der Waals surface area contributed by atoms with E-state index < -0.39 is 11.8 Å². The molecule has 0 aromatic heterocycles. The fourth-order valence-corrected chi connectivity index (χ4v) is 4.05. The lowest BCUT2D eigenvalue weighted by Gasteiger charge is -2.18. The van der Waals surface area contributed by atoms with Crippen LogP contribution in [0.4, 0.5) is 11.4 Å². The minimum Gasteiger partial charge on any atom is -0.350 e. The summed E-state index contributed by atoms with van der Waals surface area (Å²) in [5.41, 5.74) is 6.15. The van der Waals surface area contributed by atoms with E-state index in [0.29, 0.717) is 32.6 Å². The highest BCUT2D eigenvalue weighted by molar-refractivity contribution is 6.46. The molecule has 1 heterocycles. The van der Waals surface area contributed by atoms with E-state index in [1.54, 1.807) is 30.3 Å². The Hall–Kier alpha value is -3.08. The maximum atomic E-state index is 13.7. The molecule has 3 aromatic rings. The van der Waals surface area contributed by atoms with Crippen LogP contribution >= 0.6 is 23.2 Å². The van der Waals surface area contributed by atoms with Gasteiger partial charge in [0.2, 0.25) is 0 Å². The predicted octanol–water partition coefficient (Wildman–Crippen LogP) is 6.62. The molecule has 0 fully saturated rings. The predicted molar refractivity (Wildman–Crippen MR) is 131 cm³/mol. The number of rotatable bonds is 4. The van der Waals surface area contributed by atoms with Crippen LogP contribution in [0.25, 0.3) is 5.57 Å². The fourth-order valence-electron chi connectivity index (χ4n) is 3.72. The smallest absolute Gasteiger partial charge is 0.282 e. The Labute approximate surface area is 197 Å². The summed E-state index contributed by atoms with van der Waals surface area (Å²) >= 11 is 12.4. The molecule has 0 radical (unpaired) electrons. The SMILES string of the molecule is Cc1ccc(C2=C(Nc3cc(Cl)ccc3C)C(=O)N(c3cc(Cl)ccc3C)C2=O)cc1C. The van der Waals surface area contributed by atoms with Gasteiger partial charge in [0.1, 0.15) is 5.70 Å². The zero-order valence-electron chi connectivity index (χ0n) is 18.2. The first-order chi connectivity index (χ1) is 15.2. The average molecular weight is 465 g/mol. The molecule has 4 nitrogen and oxygen atoms in total. The van der Waals surface area contributed by atoms with Gasteiger partial charge in [-0.05, 0) is 79.8 Å². The number of carbonyl (C=O) groups excluding carboxylic acids is 2. The van der Waals surface area contributed by atoms with Crippen LogP contribution in [0.2, 0.25) is 10.0 Å². The van der Waals surface area contributed by atoms with Crippen molar-refractivity contribution in [2.75, 3.05) is 10.2 Å². The summed E-state index contributed by atoms with van der Waals surface area (Å²) in [7, 11) is 0. The van der Waals surface area contributed by atoms with Gasteiger partial charge in [-0.2, -0.15) is 0 Å². The van der Waals surface area contributed by atoms with Crippen molar-refractivity contribution in [3.05, 3.63) is 98.2 Å². The Bertz CT molecular complexity index is 1310. The second-order valence-electron chi connectivity index (χ2n) is 8.01. The van der Waals surface area contributed by atoms with Gasteiger partial charge in [0, 0.05) is 15.7 Å². The summed E-state index contributed by atoms with van der Waals surface area (Å²) in [6.07, 6.45) is 0. The highest BCUT2D eigenvalue weighted by atomic mass is 35.5. The van der Waals surface area contributed by atoms with Gasteiger partial charge in [-0.1, -0.05) is 53.5 Å². The van der Waals surface area contributed by atoms with E-state index in [1.807, 2.05) is 52.0 Å². The van der Waals surface area contributed by atoms with Crippen LogP contribution < -0.4 is 10.2 Å². The van der Waals surface area contributed by atoms with Gasteiger partial charge in [0.05, 0.1) is 11.3 Å². The van der Waals surface area contributed by atoms with E-state index in [2.05, 4.69) is 5.32 Å². The number of anilines is 2. The van der Waals surface area contributed by atoms with E-state index in [-0.39, 0.29) is 5.70 Å². The van der Waals surface area contributed by atoms with Crippen molar-refractivity contribution in [3.63, 3.8) is 0 Å². The number of carbonyl (C=O) groups is 2. The lowest BCUT2D eigenvalue weighted by atomic mass is 9.99. The molecule has 6 heteroatoms. The van der Waals surface area contributed by atoms with Crippen molar-refractivity contribution in [1.82, 2.24) is 0 Å². The largest absolute Gasteiger partial charge is 0.350 e. The molecule has 0 aliphatic carbocycles. The monoisotopic (exact) mass is 464 g/mol. The third kappa shape index (κ3) is 3.92. The summed E-state index contributed by atoms with van der Waals surface area (Å²) in [5, 5.41) is 4.18. The number of amides is 2. The highest BCUT2D eigenvalue weighted by Gasteiger charge is 2.41. The molecule has 0 spiro atoms. The van der Waals surface area contributed by atoms with Gasteiger partial charge in [0.15, 0.2) is 0 Å². The number of hydrogen-bond donors (Lipinski definition) is 1. The number of halogens is 2. The molecule has 1 aliphatic heterocycles. The molecule has 4 rings (SSSR count). The minimum absolute atomic E-state index is 0.211. The molecule has 1 N–H and O–H groups in total. The molecule has 0 saturated carbocycles. The summed E-state index contributed by atoms with van der Waals surface area (Å²) in [6, 6.07) is 16.3. The normalized spacial score (nSPS) is 13.9. The molecule has 32 heavy (non-hydrogen) atoms. The van der Waals surface area contributed by atoms with E-state index in [0.717, 1.165) is 22.3 Å². The van der Waals surface area contributed by atoms with E-state index in [4.69, 9.17) is 23.2 Å². The van der Waals surface area contributed by atoms with Crippen LogP contribution in [-0.2, 0) is 9.59 Å². The first-order valence-electron chi connectivity index (χ1n) is 10.2.